The van der Waals surface area contributed by atoms with Crippen LogP contribution in [-0.2, 0) is 6.54 Å². The second-order valence-corrected chi connectivity index (χ2v) is 4.71. The third-order valence-corrected chi connectivity index (χ3v) is 3.44. The van der Waals surface area contributed by atoms with Gasteiger partial charge in [-0.2, -0.15) is 0 Å². The fourth-order valence-electron chi connectivity index (χ4n) is 2.53. The minimum atomic E-state index is 0.133. The Morgan fingerprint density at radius 2 is 1.10 bits per heavy atom. The van der Waals surface area contributed by atoms with Crippen molar-refractivity contribution in [1.29, 1.82) is 0 Å². The van der Waals surface area contributed by atoms with E-state index in [2.05, 4.69) is 41.0 Å². The van der Waals surface area contributed by atoms with E-state index in [0.717, 1.165) is 11.4 Å². The molecule has 0 bridgehead atoms. The maximum Gasteiger partial charge on any atom is 0.0610 e. The molecule has 0 atom stereocenters. The lowest BCUT2D eigenvalue weighted by Gasteiger charge is -2.12. The first kappa shape index (κ1) is 12.7. The van der Waals surface area contributed by atoms with Crippen LogP contribution in [0.1, 0.15) is 0 Å². The van der Waals surface area contributed by atoms with Crippen molar-refractivity contribution in [2.45, 2.75) is 6.54 Å². The SMILES string of the molecule is OCCn1c(-c2ccccc2)ccc1-c1ccccc1. The molecule has 0 fully saturated rings. The molecule has 1 aromatic heterocycles. The van der Waals surface area contributed by atoms with Crippen molar-refractivity contribution in [3.8, 4) is 22.5 Å². The van der Waals surface area contributed by atoms with Crippen LogP contribution in [0.3, 0.4) is 0 Å². The molecule has 2 heteroatoms. The van der Waals surface area contributed by atoms with Gasteiger partial charge in [0, 0.05) is 17.9 Å². The van der Waals surface area contributed by atoms with E-state index in [1.807, 2.05) is 36.4 Å². The summed E-state index contributed by atoms with van der Waals surface area (Å²) in [5.41, 5.74) is 4.61. The van der Waals surface area contributed by atoms with Crippen molar-refractivity contribution >= 4 is 0 Å². The van der Waals surface area contributed by atoms with Gasteiger partial charge < -0.3 is 9.67 Å². The first-order chi connectivity index (χ1) is 9.90. The normalized spacial score (nSPS) is 10.7. The second kappa shape index (κ2) is 5.76. The van der Waals surface area contributed by atoms with Gasteiger partial charge >= 0.3 is 0 Å². The Bertz CT molecular complexity index is 614. The van der Waals surface area contributed by atoms with E-state index >= 15 is 0 Å². The van der Waals surface area contributed by atoms with Gasteiger partial charge in [0.15, 0.2) is 0 Å². The molecule has 0 saturated heterocycles. The maximum absolute atomic E-state index is 9.36. The molecule has 3 aromatic rings. The van der Waals surface area contributed by atoms with Crippen LogP contribution < -0.4 is 0 Å². The van der Waals surface area contributed by atoms with Gasteiger partial charge in [0.05, 0.1) is 6.61 Å². The molecular weight excluding hydrogens is 246 g/mol. The number of aliphatic hydroxyl groups excluding tert-OH is 1. The van der Waals surface area contributed by atoms with Crippen molar-refractivity contribution in [1.82, 2.24) is 4.57 Å². The summed E-state index contributed by atoms with van der Waals surface area (Å²) in [6, 6.07) is 24.8. The number of hydrogen-bond donors (Lipinski definition) is 1. The zero-order valence-corrected chi connectivity index (χ0v) is 11.2. The van der Waals surface area contributed by atoms with E-state index in [1.54, 1.807) is 0 Å². The second-order valence-electron chi connectivity index (χ2n) is 4.71. The predicted octanol–water partition coefficient (Wildman–Crippen LogP) is 3.81. The highest BCUT2D eigenvalue weighted by atomic mass is 16.3. The van der Waals surface area contributed by atoms with Crippen LogP contribution in [-0.4, -0.2) is 16.3 Å². The fraction of sp³-hybridized carbons (Fsp3) is 0.111. The van der Waals surface area contributed by atoms with Gasteiger partial charge in [-0.05, 0) is 23.3 Å². The molecule has 100 valence electrons. The molecule has 0 aliphatic rings. The van der Waals surface area contributed by atoms with E-state index in [4.69, 9.17) is 0 Å². The molecule has 2 aromatic carbocycles. The lowest BCUT2D eigenvalue weighted by molar-refractivity contribution is 0.277. The minimum Gasteiger partial charge on any atom is -0.395 e. The van der Waals surface area contributed by atoms with E-state index < -0.39 is 0 Å². The van der Waals surface area contributed by atoms with Gasteiger partial charge in [0.25, 0.3) is 0 Å². The summed E-state index contributed by atoms with van der Waals surface area (Å²) in [5.74, 6) is 0. The third kappa shape index (κ3) is 2.38. The summed E-state index contributed by atoms with van der Waals surface area (Å²) in [5, 5.41) is 9.36. The summed E-state index contributed by atoms with van der Waals surface area (Å²) < 4.78 is 2.17. The van der Waals surface area contributed by atoms with Gasteiger partial charge in [0.1, 0.15) is 0 Å². The quantitative estimate of drug-likeness (QED) is 0.760. The minimum absolute atomic E-state index is 0.133. The Kier molecular flexibility index (Phi) is 3.66. The monoisotopic (exact) mass is 263 g/mol. The Balaban J connectivity index is 2.12. The zero-order chi connectivity index (χ0) is 13.8. The Morgan fingerprint density at radius 3 is 1.50 bits per heavy atom. The first-order valence-electron chi connectivity index (χ1n) is 6.81. The van der Waals surface area contributed by atoms with Crippen molar-refractivity contribution in [2.75, 3.05) is 6.61 Å². The van der Waals surface area contributed by atoms with Crippen molar-refractivity contribution < 1.29 is 5.11 Å². The third-order valence-electron chi connectivity index (χ3n) is 3.44. The fourth-order valence-corrected chi connectivity index (χ4v) is 2.53. The Labute approximate surface area is 118 Å². The number of hydrogen-bond acceptors (Lipinski definition) is 1. The molecule has 0 aliphatic heterocycles. The maximum atomic E-state index is 9.36. The number of rotatable bonds is 4. The molecule has 0 radical (unpaired) electrons. The first-order valence-corrected chi connectivity index (χ1v) is 6.81. The average molecular weight is 263 g/mol. The van der Waals surface area contributed by atoms with Gasteiger partial charge in [-0.25, -0.2) is 0 Å². The van der Waals surface area contributed by atoms with E-state index in [0.29, 0.717) is 6.54 Å². The van der Waals surface area contributed by atoms with Gasteiger partial charge in [0.2, 0.25) is 0 Å². The number of benzene rings is 2. The molecule has 1 N–H and O–H groups in total. The molecule has 0 amide bonds. The standard InChI is InChI=1S/C18H17NO/c20-14-13-19-17(15-7-3-1-4-8-15)11-12-18(19)16-9-5-2-6-10-16/h1-12,20H,13-14H2. The van der Waals surface area contributed by atoms with Gasteiger partial charge in [-0.15, -0.1) is 0 Å². The summed E-state index contributed by atoms with van der Waals surface area (Å²) in [6.07, 6.45) is 0. The van der Waals surface area contributed by atoms with Crippen LogP contribution in [0.2, 0.25) is 0 Å². The summed E-state index contributed by atoms with van der Waals surface area (Å²) >= 11 is 0. The van der Waals surface area contributed by atoms with Gasteiger partial charge in [-0.3, -0.25) is 0 Å². The topological polar surface area (TPSA) is 25.2 Å². The van der Waals surface area contributed by atoms with E-state index in [1.165, 1.54) is 11.1 Å². The lowest BCUT2D eigenvalue weighted by Crippen LogP contribution is -2.05. The van der Waals surface area contributed by atoms with Crippen molar-refractivity contribution in [2.24, 2.45) is 0 Å². The van der Waals surface area contributed by atoms with Crippen LogP contribution in [0.15, 0.2) is 72.8 Å². The molecular formula is C18H17NO. The molecule has 1 heterocycles. The van der Waals surface area contributed by atoms with E-state index in [-0.39, 0.29) is 6.61 Å². The lowest BCUT2D eigenvalue weighted by atomic mass is 10.1. The van der Waals surface area contributed by atoms with Crippen LogP contribution >= 0.6 is 0 Å². The predicted molar refractivity (Wildman–Crippen MR) is 82.4 cm³/mol. The highest BCUT2D eigenvalue weighted by Gasteiger charge is 2.10. The molecule has 20 heavy (non-hydrogen) atoms. The molecule has 0 unspecified atom stereocenters. The summed E-state index contributed by atoms with van der Waals surface area (Å²) in [4.78, 5) is 0. The Morgan fingerprint density at radius 1 is 0.650 bits per heavy atom. The number of aliphatic hydroxyl groups is 1. The largest absolute Gasteiger partial charge is 0.395 e. The molecule has 0 saturated carbocycles. The van der Waals surface area contributed by atoms with Crippen LogP contribution in [0, 0.1) is 0 Å². The van der Waals surface area contributed by atoms with Crippen LogP contribution in [0.5, 0.6) is 0 Å². The highest BCUT2D eigenvalue weighted by molar-refractivity contribution is 5.69. The summed E-state index contributed by atoms with van der Waals surface area (Å²) in [7, 11) is 0. The van der Waals surface area contributed by atoms with Gasteiger partial charge in [-0.1, -0.05) is 60.7 Å². The number of nitrogens with zero attached hydrogens (tertiary/aromatic N) is 1. The highest BCUT2D eigenvalue weighted by Crippen LogP contribution is 2.28. The van der Waals surface area contributed by atoms with Crippen molar-refractivity contribution in [3.05, 3.63) is 72.8 Å². The average Bonchev–Trinajstić information content (AvgIpc) is 2.93. The Hall–Kier alpha value is -2.32. The smallest absolute Gasteiger partial charge is 0.0610 e. The molecule has 3 rings (SSSR count). The number of aromatic nitrogens is 1. The zero-order valence-electron chi connectivity index (χ0n) is 11.2. The molecule has 2 nitrogen and oxygen atoms in total. The van der Waals surface area contributed by atoms with Crippen LogP contribution in [0.4, 0.5) is 0 Å². The molecule has 0 aliphatic carbocycles. The van der Waals surface area contributed by atoms with Crippen molar-refractivity contribution in [3.63, 3.8) is 0 Å². The van der Waals surface area contributed by atoms with Crippen LogP contribution in [0.25, 0.3) is 22.5 Å². The van der Waals surface area contributed by atoms with E-state index in [9.17, 15) is 5.11 Å². The summed E-state index contributed by atoms with van der Waals surface area (Å²) in [6.45, 7) is 0.732. The molecule has 0 spiro atoms.